The molecule has 5 heteroatoms. The summed E-state index contributed by atoms with van der Waals surface area (Å²) in [4.78, 5) is 8.66. The molecule has 0 aliphatic rings. The number of nitrogens with one attached hydrogen (secondary N) is 2. The molecule has 2 aromatic rings. The summed E-state index contributed by atoms with van der Waals surface area (Å²) in [6.07, 6.45) is 0. The van der Waals surface area contributed by atoms with E-state index in [-0.39, 0.29) is 5.82 Å². The fourth-order valence-electron chi connectivity index (χ4n) is 1.89. The zero-order valence-corrected chi connectivity index (χ0v) is 12.7. The minimum Gasteiger partial charge on any atom is -0.370 e. The molecular weight excluding hydrogens is 267 g/mol. The highest BCUT2D eigenvalue weighted by Crippen LogP contribution is 2.14. The Morgan fingerprint density at radius 3 is 2.43 bits per heavy atom. The molecule has 1 aromatic carbocycles. The highest BCUT2D eigenvalue weighted by Gasteiger charge is 2.04. The van der Waals surface area contributed by atoms with E-state index in [1.807, 2.05) is 19.1 Å². The van der Waals surface area contributed by atoms with Crippen LogP contribution in [0.4, 0.5) is 16.0 Å². The second-order valence-corrected chi connectivity index (χ2v) is 5.41. The predicted molar refractivity (Wildman–Crippen MR) is 83.8 cm³/mol. The fourth-order valence-corrected chi connectivity index (χ4v) is 1.89. The average Bonchev–Trinajstić information content (AvgIpc) is 2.44. The molecule has 1 aromatic heterocycles. The van der Waals surface area contributed by atoms with Crippen molar-refractivity contribution in [3.05, 3.63) is 47.5 Å². The topological polar surface area (TPSA) is 49.8 Å². The van der Waals surface area contributed by atoms with Crippen LogP contribution < -0.4 is 10.6 Å². The number of aryl methyl sites for hydroxylation is 1. The Bertz CT molecular complexity index is 599. The summed E-state index contributed by atoms with van der Waals surface area (Å²) >= 11 is 0. The van der Waals surface area contributed by atoms with Crippen LogP contribution in [0.3, 0.4) is 0 Å². The molecule has 0 radical (unpaired) electrons. The van der Waals surface area contributed by atoms with Crippen LogP contribution in [0.2, 0.25) is 0 Å². The van der Waals surface area contributed by atoms with E-state index in [1.165, 1.54) is 6.07 Å². The molecule has 21 heavy (non-hydrogen) atoms. The Hall–Kier alpha value is -2.17. The van der Waals surface area contributed by atoms with Crippen LogP contribution in [-0.2, 0) is 6.54 Å². The van der Waals surface area contributed by atoms with Crippen LogP contribution in [0.15, 0.2) is 30.3 Å². The number of nitrogens with zero attached hydrogens (tertiary/aromatic N) is 2. The van der Waals surface area contributed by atoms with Crippen molar-refractivity contribution in [2.45, 2.75) is 27.3 Å². The van der Waals surface area contributed by atoms with E-state index in [0.29, 0.717) is 29.7 Å². The molecule has 0 aliphatic heterocycles. The Balaban J connectivity index is 2.04. The van der Waals surface area contributed by atoms with Gasteiger partial charge in [-0.05, 0) is 18.9 Å². The van der Waals surface area contributed by atoms with Crippen molar-refractivity contribution in [1.29, 1.82) is 0 Å². The first-order valence-electron chi connectivity index (χ1n) is 7.11. The number of aromatic nitrogens is 2. The van der Waals surface area contributed by atoms with Gasteiger partial charge in [0.15, 0.2) is 0 Å². The van der Waals surface area contributed by atoms with Crippen molar-refractivity contribution in [2.75, 3.05) is 17.2 Å². The first kappa shape index (κ1) is 15.2. The summed E-state index contributed by atoms with van der Waals surface area (Å²) in [5.74, 6) is 2.48. The molecule has 0 spiro atoms. The van der Waals surface area contributed by atoms with E-state index in [4.69, 9.17) is 0 Å². The zero-order valence-electron chi connectivity index (χ0n) is 12.7. The van der Waals surface area contributed by atoms with Gasteiger partial charge in [-0.25, -0.2) is 14.4 Å². The van der Waals surface area contributed by atoms with Gasteiger partial charge < -0.3 is 10.6 Å². The van der Waals surface area contributed by atoms with Gasteiger partial charge in [0.1, 0.15) is 23.3 Å². The lowest BCUT2D eigenvalue weighted by atomic mass is 10.2. The summed E-state index contributed by atoms with van der Waals surface area (Å²) in [6, 6.07) is 8.56. The molecule has 0 saturated heterocycles. The van der Waals surface area contributed by atoms with Gasteiger partial charge in [0, 0.05) is 24.7 Å². The molecule has 0 aliphatic carbocycles. The number of hydrogen-bond acceptors (Lipinski definition) is 4. The summed E-state index contributed by atoms with van der Waals surface area (Å²) < 4.78 is 13.6. The second kappa shape index (κ2) is 7.02. The first-order chi connectivity index (χ1) is 10.0. The normalized spacial score (nSPS) is 10.7. The van der Waals surface area contributed by atoms with Crippen molar-refractivity contribution < 1.29 is 4.39 Å². The van der Waals surface area contributed by atoms with E-state index >= 15 is 0 Å². The SMILES string of the molecule is Cc1nc(NCc2ccccc2F)cc(NCC(C)C)n1. The van der Waals surface area contributed by atoms with Crippen molar-refractivity contribution >= 4 is 11.6 Å². The first-order valence-corrected chi connectivity index (χ1v) is 7.11. The van der Waals surface area contributed by atoms with E-state index in [1.54, 1.807) is 12.1 Å². The maximum absolute atomic E-state index is 13.6. The Kier molecular flexibility index (Phi) is 5.09. The molecule has 0 saturated carbocycles. The molecule has 0 unspecified atom stereocenters. The molecule has 4 nitrogen and oxygen atoms in total. The maximum atomic E-state index is 13.6. The third kappa shape index (κ3) is 4.70. The van der Waals surface area contributed by atoms with E-state index in [0.717, 1.165) is 12.4 Å². The Labute approximate surface area is 124 Å². The lowest BCUT2D eigenvalue weighted by Crippen LogP contribution is -2.11. The van der Waals surface area contributed by atoms with Gasteiger partial charge in [-0.15, -0.1) is 0 Å². The summed E-state index contributed by atoms with van der Waals surface area (Å²) in [5.41, 5.74) is 0.616. The molecule has 1 heterocycles. The molecule has 0 atom stereocenters. The quantitative estimate of drug-likeness (QED) is 0.852. The molecule has 0 bridgehead atoms. The third-order valence-corrected chi connectivity index (χ3v) is 2.95. The van der Waals surface area contributed by atoms with Gasteiger partial charge in [0.25, 0.3) is 0 Å². The fraction of sp³-hybridized carbons (Fsp3) is 0.375. The molecule has 2 rings (SSSR count). The van der Waals surface area contributed by atoms with Crippen molar-refractivity contribution in [1.82, 2.24) is 9.97 Å². The summed E-state index contributed by atoms with van der Waals surface area (Å²) in [5, 5.41) is 6.41. The number of hydrogen-bond donors (Lipinski definition) is 2. The van der Waals surface area contributed by atoms with E-state index in [2.05, 4.69) is 34.4 Å². The summed E-state index contributed by atoms with van der Waals surface area (Å²) in [7, 11) is 0. The second-order valence-electron chi connectivity index (χ2n) is 5.41. The van der Waals surface area contributed by atoms with Crippen LogP contribution in [-0.4, -0.2) is 16.5 Å². The highest BCUT2D eigenvalue weighted by molar-refractivity contribution is 5.47. The van der Waals surface area contributed by atoms with E-state index in [9.17, 15) is 4.39 Å². The minimum absolute atomic E-state index is 0.214. The third-order valence-electron chi connectivity index (χ3n) is 2.95. The van der Waals surface area contributed by atoms with Crippen LogP contribution in [0, 0.1) is 18.7 Å². The van der Waals surface area contributed by atoms with Gasteiger partial charge >= 0.3 is 0 Å². The number of anilines is 2. The van der Waals surface area contributed by atoms with Crippen molar-refractivity contribution in [3.63, 3.8) is 0 Å². The van der Waals surface area contributed by atoms with Gasteiger partial charge in [-0.2, -0.15) is 0 Å². The van der Waals surface area contributed by atoms with Gasteiger partial charge in [-0.3, -0.25) is 0 Å². The molecule has 112 valence electrons. The monoisotopic (exact) mass is 288 g/mol. The van der Waals surface area contributed by atoms with Crippen LogP contribution >= 0.6 is 0 Å². The predicted octanol–water partition coefficient (Wildman–Crippen LogP) is 3.60. The van der Waals surface area contributed by atoms with Gasteiger partial charge in [-0.1, -0.05) is 32.0 Å². The number of halogens is 1. The number of rotatable bonds is 6. The minimum atomic E-state index is -0.214. The van der Waals surface area contributed by atoms with Crippen molar-refractivity contribution in [3.8, 4) is 0 Å². The Morgan fingerprint density at radius 2 is 1.76 bits per heavy atom. The highest BCUT2D eigenvalue weighted by atomic mass is 19.1. The molecule has 0 fully saturated rings. The zero-order chi connectivity index (χ0) is 15.2. The van der Waals surface area contributed by atoms with Gasteiger partial charge in [0.05, 0.1) is 0 Å². The van der Waals surface area contributed by atoms with Crippen molar-refractivity contribution in [2.24, 2.45) is 5.92 Å². The average molecular weight is 288 g/mol. The Morgan fingerprint density at radius 1 is 1.10 bits per heavy atom. The van der Waals surface area contributed by atoms with E-state index < -0.39 is 0 Å². The standard InChI is InChI=1S/C16H21FN4/c1-11(2)9-18-15-8-16(21-12(3)20-15)19-10-13-6-4-5-7-14(13)17/h4-8,11H,9-10H2,1-3H3,(H2,18,19,20,21). The lowest BCUT2D eigenvalue weighted by Gasteiger charge is -2.11. The lowest BCUT2D eigenvalue weighted by molar-refractivity contribution is 0.613. The van der Waals surface area contributed by atoms with Crippen LogP contribution in [0.5, 0.6) is 0 Å². The molecule has 0 amide bonds. The molecule has 2 N–H and O–H groups in total. The van der Waals surface area contributed by atoms with Crippen LogP contribution in [0.1, 0.15) is 25.2 Å². The van der Waals surface area contributed by atoms with Gasteiger partial charge in [0.2, 0.25) is 0 Å². The smallest absolute Gasteiger partial charge is 0.132 e. The molecular formula is C16H21FN4. The van der Waals surface area contributed by atoms with Crippen LogP contribution in [0.25, 0.3) is 0 Å². The largest absolute Gasteiger partial charge is 0.370 e. The summed E-state index contributed by atoms with van der Waals surface area (Å²) in [6.45, 7) is 7.36. The maximum Gasteiger partial charge on any atom is 0.132 e. The number of benzene rings is 1.